The van der Waals surface area contributed by atoms with E-state index in [0.717, 1.165) is 5.56 Å². The fraction of sp³-hybridized carbons (Fsp3) is 0.536. The molecule has 4 rings (SSSR count). The van der Waals surface area contributed by atoms with Crippen LogP contribution in [0.15, 0.2) is 29.1 Å². The molecule has 3 aromatic rings. The number of pyridine rings is 1. The average molecular weight is 555 g/mol. The van der Waals surface area contributed by atoms with Gasteiger partial charge in [0.25, 0.3) is 5.56 Å². The van der Waals surface area contributed by atoms with E-state index in [1.807, 2.05) is 32.7 Å². The van der Waals surface area contributed by atoms with Crippen molar-refractivity contribution in [1.29, 1.82) is 0 Å². The Balaban J connectivity index is 1.77. The molecule has 2 aromatic heterocycles. The lowest BCUT2D eigenvalue weighted by Gasteiger charge is -2.38. The quantitative estimate of drug-likeness (QED) is 0.456. The molecule has 1 amide bonds. The molecule has 1 N–H and O–H groups in total. The molecule has 12 nitrogen and oxygen atoms in total. The van der Waals surface area contributed by atoms with E-state index < -0.39 is 23.3 Å². The smallest absolute Gasteiger partial charge is 0.410 e. The number of benzene rings is 1. The SMILES string of the molecule is CCc1c(CC(=O)OC)c2nn(-c3ccc(C(C)(C)O)cc3)nc2c(=O)n1N1CCN(C(=O)OC(C)(C)C)CC1. The highest BCUT2D eigenvalue weighted by Crippen LogP contribution is 2.24. The number of esters is 1. The van der Waals surface area contributed by atoms with Crippen LogP contribution in [0.4, 0.5) is 4.79 Å². The van der Waals surface area contributed by atoms with Crippen molar-refractivity contribution in [2.24, 2.45) is 0 Å². The number of piperazine rings is 1. The van der Waals surface area contributed by atoms with Gasteiger partial charge in [-0.25, -0.2) is 9.47 Å². The summed E-state index contributed by atoms with van der Waals surface area (Å²) in [5.74, 6) is -0.458. The van der Waals surface area contributed by atoms with Gasteiger partial charge in [0.1, 0.15) is 11.1 Å². The van der Waals surface area contributed by atoms with Crippen molar-refractivity contribution >= 4 is 23.1 Å². The average Bonchev–Trinajstić information content (AvgIpc) is 3.34. The largest absolute Gasteiger partial charge is 0.469 e. The molecule has 1 aromatic carbocycles. The molecule has 3 heterocycles. The number of carbonyl (C=O) groups excluding carboxylic acids is 2. The van der Waals surface area contributed by atoms with E-state index in [-0.39, 0.29) is 17.5 Å². The Labute approximate surface area is 233 Å². The fourth-order valence-corrected chi connectivity index (χ4v) is 4.73. The highest BCUT2D eigenvalue weighted by molar-refractivity contribution is 5.84. The van der Waals surface area contributed by atoms with E-state index in [1.165, 1.54) is 11.9 Å². The maximum atomic E-state index is 13.9. The van der Waals surface area contributed by atoms with E-state index in [0.29, 0.717) is 55.1 Å². The molecule has 216 valence electrons. The van der Waals surface area contributed by atoms with Crippen LogP contribution < -0.4 is 10.6 Å². The molecule has 0 spiro atoms. The lowest BCUT2D eigenvalue weighted by molar-refractivity contribution is -0.139. The number of amides is 1. The Morgan fingerprint density at radius 2 is 1.57 bits per heavy atom. The van der Waals surface area contributed by atoms with Crippen LogP contribution in [0.5, 0.6) is 0 Å². The van der Waals surface area contributed by atoms with Gasteiger partial charge in [0.05, 0.1) is 37.9 Å². The zero-order valence-electron chi connectivity index (χ0n) is 24.2. The van der Waals surface area contributed by atoms with Crippen LogP contribution in [0, 0.1) is 0 Å². The van der Waals surface area contributed by atoms with E-state index in [9.17, 15) is 19.5 Å². The monoisotopic (exact) mass is 554 g/mol. The third-order valence-electron chi connectivity index (χ3n) is 6.78. The Morgan fingerprint density at radius 3 is 2.10 bits per heavy atom. The molecular weight excluding hydrogens is 516 g/mol. The lowest BCUT2D eigenvalue weighted by atomic mass is 9.98. The number of hydrogen-bond donors (Lipinski definition) is 1. The molecule has 1 fully saturated rings. The van der Waals surface area contributed by atoms with Crippen molar-refractivity contribution < 1.29 is 24.2 Å². The number of aromatic nitrogens is 4. The maximum absolute atomic E-state index is 13.9. The second-order valence-electron chi connectivity index (χ2n) is 11.4. The summed E-state index contributed by atoms with van der Waals surface area (Å²) in [6, 6.07) is 7.08. The molecule has 0 atom stereocenters. The number of methoxy groups -OCH3 is 1. The van der Waals surface area contributed by atoms with Crippen molar-refractivity contribution in [3.8, 4) is 5.69 Å². The van der Waals surface area contributed by atoms with Crippen LogP contribution in [-0.2, 0) is 32.7 Å². The van der Waals surface area contributed by atoms with Gasteiger partial charge in [0, 0.05) is 24.3 Å². The molecule has 0 unspecified atom stereocenters. The van der Waals surface area contributed by atoms with Gasteiger partial charge in [-0.1, -0.05) is 19.1 Å². The Morgan fingerprint density at radius 1 is 0.975 bits per heavy atom. The van der Waals surface area contributed by atoms with Crippen LogP contribution in [0.1, 0.15) is 58.4 Å². The first kappa shape index (κ1) is 29.1. The predicted molar refractivity (Wildman–Crippen MR) is 149 cm³/mol. The Kier molecular flexibility index (Phi) is 7.93. The molecule has 40 heavy (non-hydrogen) atoms. The van der Waals surface area contributed by atoms with Gasteiger partial charge < -0.3 is 24.5 Å². The van der Waals surface area contributed by atoms with Crippen molar-refractivity contribution in [2.45, 2.75) is 65.6 Å². The third-order valence-corrected chi connectivity index (χ3v) is 6.78. The van der Waals surface area contributed by atoms with E-state index >= 15 is 0 Å². The Bertz CT molecular complexity index is 1450. The van der Waals surface area contributed by atoms with Crippen LogP contribution in [0.3, 0.4) is 0 Å². The third kappa shape index (κ3) is 5.96. The number of fused-ring (bicyclic) bond motifs is 1. The molecule has 12 heteroatoms. The minimum atomic E-state index is -1.01. The topological polar surface area (TPSA) is 132 Å². The molecule has 0 radical (unpaired) electrons. The van der Waals surface area contributed by atoms with E-state index in [2.05, 4.69) is 10.2 Å². The van der Waals surface area contributed by atoms with Gasteiger partial charge in [-0.05, 0) is 58.7 Å². The second kappa shape index (κ2) is 10.9. The van der Waals surface area contributed by atoms with Crippen LogP contribution >= 0.6 is 0 Å². The molecule has 0 aliphatic carbocycles. The van der Waals surface area contributed by atoms with Crippen molar-refractivity contribution in [3.05, 3.63) is 51.4 Å². The summed E-state index contributed by atoms with van der Waals surface area (Å²) in [5, 5.41) is 21.3. The summed E-state index contributed by atoms with van der Waals surface area (Å²) in [6.07, 6.45) is -0.0164. The highest BCUT2D eigenvalue weighted by atomic mass is 16.6. The summed E-state index contributed by atoms with van der Waals surface area (Å²) >= 11 is 0. The van der Waals surface area contributed by atoms with Crippen LogP contribution in [-0.4, -0.2) is 80.6 Å². The van der Waals surface area contributed by atoms with Crippen LogP contribution in [0.2, 0.25) is 0 Å². The number of nitrogens with zero attached hydrogens (tertiary/aromatic N) is 6. The summed E-state index contributed by atoms with van der Waals surface area (Å²) in [4.78, 5) is 41.9. The molecule has 0 saturated carbocycles. The van der Waals surface area contributed by atoms with Crippen molar-refractivity contribution in [2.75, 3.05) is 38.3 Å². The molecule has 1 aliphatic heterocycles. The first-order chi connectivity index (χ1) is 18.7. The molecule has 0 bridgehead atoms. The molecule has 1 aliphatic rings. The van der Waals surface area contributed by atoms with Gasteiger partial charge in [0.15, 0.2) is 5.52 Å². The first-order valence-corrected chi connectivity index (χ1v) is 13.4. The molecular formula is C28H38N6O6. The summed E-state index contributed by atoms with van der Waals surface area (Å²) in [7, 11) is 1.32. The van der Waals surface area contributed by atoms with Crippen molar-refractivity contribution in [3.63, 3.8) is 0 Å². The zero-order valence-corrected chi connectivity index (χ0v) is 24.2. The maximum Gasteiger partial charge on any atom is 0.410 e. The van der Waals surface area contributed by atoms with Crippen molar-refractivity contribution in [1.82, 2.24) is 24.6 Å². The number of carbonyl (C=O) groups is 2. The fourth-order valence-electron chi connectivity index (χ4n) is 4.73. The number of hydrogen-bond acceptors (Lipinski definition) is 9. The standard InChI is InChI=1S/C28H38N6O6/c1-8-21-20(17-22(35)39-7)23-24(30-34(29-23)19-11-9-18(10-12-19)28(5,6)38)25(36)33(21)32-15-13-31(14-16-32)26(37)40-27(2,3)4/h9-12,38H,8,13-17H2,1-7H3. The number of rotatable bonds is 6. The number of ether oxygens (including phenoxy) is 2. The van der Waals surface area contributed by atoms with Gasteiger partial charge in [-0.2, -0.15) is 4.80 Å². The first-order valence-electron chi connectivity index (χ1n) is 13.4. The normalized spacial score (nSPS) is 14.5. The highest BCUT2D eigenvalue weighted by Gasteiger charge is 2.30. The minimum absolute atomic E-state index is 0.0787. The van der Waals surface area contributed by atoms with E-state index in [1.54, 1.807) is 47.7 Å². The van der Waals surface area contributed by atoms with Gasteiger partial charge in [-0.15, -0.1) is 10.2 Å². The number of aliphatic hydroxyl groups is 1. The second-order valence-corrected chi connectivity index (χ2v) is 11.4. The zero-order chi connectivity index (χ0) is 29.4. The minimum Gasteiger partial charge on any atom is -0.469 e. The van der Waals surface area contributed by atoms with Gasteiger partial charge in [0.2, 0.25) is 0 Å². The predicted octanol–water partition coefficient (Wildman–Crippen LogP) is 2.28. The molecule has 1 saturated heterocycles. The summed E-state index contributed by atoms with van der Waals surface area (Å²) < 4.78 is 12.0. The summed E-state index contributed by atoms with van der Waals surface area (Å²) in [6.45, 7) is 12.3. The Hall–Kier alpha value is -3.93. The van der Waals surface area contributed by atoms with Gasteiger partial charge in [-0.3, -0.25) is 9.59 Å². The summed E-state index contributed by atoms with van der Waals surface area (Å²) in [5.41, 5.74) is 1.02. The van der Waals surface area contributed by atoms with Gasteiger partial charge >= 0.3 is 12.1 Å². The van der Waals surface area contributed by atoms with E-state index in [4.69, 9.17) is 9.47 Å². The lowest BCUT2D eigenvalue weighted by Crippen LogP contribution is -2.56. The van der Waals surface area contributed by atoms with Crippen LogP contribution in [0.25, 0.3) is 16.7 Å².